The number of ether oxygens (including phenoxy) is 3. The molecule has 3 atom stereocenters. The Morgan fingerprint density at radius 3 is 2.77 bits per heavy atom. The Kier molecular flexibility index (Phi) is 6.54. The fraction of sp³-hybridized carbons (Fsp3) is 0.409. The van der Waals surface area contributed by atoms with E-state index < -0.39 is 36.2 Å². The Bertz CT molecular complexity index is 1130. The standard InChI is InChI=1S/C22H21F5N4O4/c1-21(14-8-33-9-17(14)35-20(28)31-21)13-6-11(2-4-15(13)23)30-18(32)16-5-3-12(7-29-16)34-10-22(26,27)19(24)25/h2-7,14,17,19H,8-10H2,1H3,(H2,28,31)(H,30,32). The minimum absolute atomic E-state index is 0.0918. The van der Waals surface area contributed by atoms with Gasteiger partial charge in [-0.25, -0.2) is 23.1 Å². The van der Waals surface area contributed by atoms with Crippen LogP contribution in [0.25, 0.3) is 0 Å². The molecule has 0 aliphatic carbocycles. The molecule has 1 amide bonds. The maximum Gasteiger partial charge on any atom is 0.340 e. The van der Waals surface area contributed by atoms with Crippen LogP contribution >= 0.6 is 0 Å². The lowest BCUT2D eigenvalue weighted by Gasteiger charge is -2.38. The number of amides is 1. The Morgan fingerprint density at radius 1 is 1.31 bits per heavy atom. The topological polar surface area (TPSA) is 108 Å². The number of aromatic nitrogens is 1. The van der Waals surface area contributed by atoms with Gasteiger partial charge in [0.1, 0.15) is 23.4 Å². The SMILES string of the molecule is CC1(c2cc(NC(=O)c3ccc(OCC(F)(F)C(F)F)cn3)ccc2F)N=C(N)OC2COCC21. The van der Waals surface area contributed by atoms with Crippen LogP contribution in [-0.4, -0.2) is 55.2 Å². The first-order valence-electron chi connectivity index (χ1n) is 10.5. The molecule has 0 saturated carbocycles. The van der Waals surface area contributed by atoms with Crippen LogP contribution in [0.2, 0.25) is 0 Å². The number of anilines is 1. The second-order valence-electron chi connectivity index (χ2n) is 8.28. The molecule has 3 heterocycles. The van der Waals surface area contributed by atoms with Gasteiger partial charge in [0.05, 0.1) is 30.9 Å². The van der Waals surface area contributed by atoms with E-state index in [2.05, 4.69) is 20.0 Å². The number of benzene rings is 1. The van der Waals surface area contributed by atoms with Crippen molar-refractivity contribution >= 4 is 17.6 Å². The lowest BCUT2D eigenvalue weighted by atomic mass is 9.77. The van der Waals surface area contributed by atoms with Gasteiger partial charge in [-0.3, -0.25) is 4.79 Å². The van der Waals surface area contributed by atoms with Gasteiger partial charge < -0.3 is 25.3 Å². The third kappa shape index (κ3) is 4.99. The molecule has 2 aliphatic heterocycles. The summed E-state index contributed by atoms with van der Waals surface area (Å²) in [6.45, 7) is 0.742. The minimum Gasteiger partial charge on any atom is -0.485 e. The van der Waals surface area contributed by atoms with Crippen LogP contribution in [-0.2, 0) is 15.0 Å². The molecule has 35 heavy (non-hydrogen) atoms. The number of nitrogens with one attached hydrogen (secondary N) is 1. The van der Waals surface area contributed by atoms with Crippen molar-refractivity contribution in [2.45, 2.75) is 30.9 Å². The van der Waals surface area contributed by atoms with Crippen LogP contribution in [0.15, 0.2) is 41.5 Å². The highest BCUT2D eigenvalue weighted by atomic mass is 19.3. The molecule has 4 rings (SSSR count). The number of hydrogen-bond donors (Lipinski definition) is 2. The first-order valence-corrected chi connectivity index (χ1v) is 10.5. The minimum atomic E-state index is -4.32. The molecule has 3 N–H and O–H groups in total. The van der Waals surface area contributed by atoms with Crippen molar-refractivity contribution in [2.75, 3.05) is 25.1 Å². The highest BCUT2D eigenvalue weighted by molar-refractivity contribution is 6.02. The third-order valence-corrected chi connectivity index (χ3v) is 5.85. The Morgan fingerprint density at radius 2 is 2.09 bits per heavy atom. The largest absolute Gasteiger partial charge is 0.485 e. The predicted octanol–water partition coefficient (Wildman–Crippen LogP) is 3.33. The first-order chi connectivity index (χ1) is 16.5. The van der Waals surface area contributed by atoms with Gasteiger partial charge in [-0.1, -0.05) is 0 Å². The van der Waals surface area contributed by atoms with Crippen LogP contribution in [0.4, 0.5) is 27.6 Å². The van der Waals surface area contributed by atoms with E-state index in [1.54, 1.807) is 6.92 Å². The zero-order chi connectivity index (χ0) is 25.4. The molecule has 2 aliphatic rings. The number of pyridine rings is 1. The summed E-state index contributed by atoms with van der Waals surface area (Å²) in [6, 6.07) is 6.16. The fourth-order valence-corrected chi connectivity index (χ4v) is 3.96. The molecule has 0 bridgehead atoms. The summed E-state index contributed by atoms with van der Waals surface area (Å²) in [7, 11) is 0. The highest BCUT2D eigenvalue weighted by Crippen LogP contribution is 2.43. The quantitative estimate of drug-likeness (QED) is 0.565. The van der Waals surface area contributed by atoms with Gasteiger partial charge in [0.15, 0.2) is 6.61 Å². The van der Waals surface area contributed by atoms with Crippen LogP contribution < -0.4 is 15.8 Å². The molecule has 3 unspecified atom stereocenters. The summed E-state index contributed by atoms with van der Waals surface area (Å²) in [5, 5.41) is 2.57. The Balaban J connectivity index is 1.49. The van der Waals surface area contributed by atoms with E-state index >= 15 is 0 Å². The van der Waals surface area contributed by atoms with Crippen molar-refractivity contribution in [3.8, 4) is 5.75 Å². The summed E-state index contributed by atoms with van der Waals surface area (Å²) < 4.78 is 80.9. The molecule has 1 fully saturated rings. The van der Waals surface area contributed by atoms with Crippen LogP contribution in [0.1, 0.15) is 23.0 Å². The first kappa shape index (κ1) is 24.6. The molecule has 8 nitrogen and oxygen atoms in total. The van der Waals surface area contributed by atoms with Crippen molar-refractivity contribution in [1.29, 1.82) is 0 Å². The molecule has 188 valence electrons. The van der Waals surface area contributed by atoms with Crippen molar-refractivity contribution in [3.63, 3.8) is 0 Å². The second kappa shape index (κ2) is 9.29. The number of nitrogens with two attached hydrogens (primary N) is 1. The number of nitrogens with zero attached hydrogens (tertiary/aromatic N) is 2. The number of hydrogen-bond acceptors (Lipinski definition) is 7. The average molecular weight is 500 g/mol. The molecule has 0 spiro atoms. The Hall–Kier alpha value is -3.48. The fourth-order valence-electron chi connectivity index (χ4n) is 3.96. The van der Waals surface area contributed by atoms with Gasteiger partial charge in [0.2, 0.25) is 0 Å². The second-order valence-corrected chi connectivity index (χ2v) is 8.28. The van der Waals surface area contributed by atoms with E-state index in [0.717, 1.165) is 12.3 Å². The van der Waals surface area contributed by atoms with E-state index in [0.29, 0.717) is 6.61 Å². The van der Waals surface area contributed by atoms with Gasteiger partial charge in [-0.15, -0.1) is 0 Å². The van der Waals surface area contributed by atoms with Gasteiger partial charge in [0, 0.05) is 11.3 Å². The number of rotatable bonds is 7. The number of alkyl halides is 4. The van der Waals surface area contributed by atoms with Gasteiger partial charge >= 0.3 is 12.3 Å². The molecule has 1 saturated heterocycles. The molecular weight excluding hydrogens is 479 g/mol. The number of fused-ring (bicyclic) bond motifs is 1. The summed E-state index contributed by atoms with van der Waals surface area (Å²) >= 11 is 0. The van der Waals surface area contributed by atoms with Crippen molar-refractivity contribution in [2.24, 2.45) is 16.6 Å². The van der Waals surface area contributed by atoms with Crippen molar-refractivity contribution in [3.05, 3.63) is 53.6 Å². The molecule has 1 aromatic carbocycles. The maximum atomic E-state index is 14.9. The smallest absolute Gasteiger partial charge is 0.340 e. The number of halogens is 5. The van der Waals surface area contributed by atoms with Gasteiger partial charge in [-0.05, 0) is 37.3 Å². The van der Waals surface area contributed by atoms with Crippen molar-refractivity contribution in [1.82, 2.24) is 4.98 Å². The van der Waals surface area contributed by atoms with E-state index in [-0.39, 0.29) is 47.3 Å². The predicted molar refractivity (Wildman–Crippen MR) is 113 cm³/mol. The lowest BCUT2D eigenvalue weighted by Crippen LogP contribution is -2.47. The Labute approximate surface area is 196 Å². The highest BCUT2D eigenvalue weighted by Gasteiger charge is 2.50. The van der Waals surface area contributed by atoms with E-state index in [1.165, 1.54) is 24.3 Å². The maximum absolute atomic E-state index is 14.9. The molecule has 13 heteroatoms. The number of carbonyl (C=O) groups excluding carboxylic acids is 1. The molecule has 0 radical (unpaired) electrons. The third-order valence-electron chi connectivity index (χ3n) is 5.85. The summed E-state index contributed by atoms with van der Waals surface area (Å²) in [6.07, 6.45) is -3.31. The zero-order valence-electron chi connectivity index (χ0n) is 18.3. The normalized spacial score (nSPS) is 23.9. The van der Waals surface area contributed by atoms with Gasteiger partial charge in [-0.2, -0.15) is 8.78 Å². The molecule has 1 aromatic heterocycles. The zero-order valence-corrected chi connectivity index (χ0v) is 18.3. The lowest BCUT2D eigenvalue weighted by molar-refractivity contribution is -0.148. The van der Waals surface area contributed by atoms with Crippen LogP contribution in [0.5, 0.6) is 5.75 Å². The molecule has 2 aromatic rings. The van der Waals surface area contributed by atoms with Gasteiger partial charge in [0.25, 0.3) is 11.9 Å². The summed E-state index contributed by atoms with van der Waals surface area (Å²) in [4.78, 5) is 20.7. The van der Waals surface area contributed by atoms with Crippen LogP contribution in [0, 0.1) is 11.7 Å². The van der Waals surface area contributed by atoms with E-state index in [4.69, 9.17) is 15.2 Å². The average Bonchev–Trinajstić information content (AvgIpc) is 3.28. The summed E-state index contributed by atoms with van der Waals surface area (Å²) in [5.74, 6) is -6.09. The van der Waals surface area contributed by atoms with Crippen molar-refractivity contribution < 1.29 is 41.0 Å². The monoisotopic (exact) mass is 500 g/mol. The molecular formula is C22H21F5N4O4. The van der Waals surface area contributed by atoms with E-state index in [9.17, 15) is 26.7 Å². The summed E-state index contributed by atoms with van der Waals surface area (Å²) in [5.41, 5.74) is 5.00. The number of amidine groups is 1. The van der Waals surface area contributed by atoms with Crippen LogP contribution in [0.3, 0.4) is 0 Å². The van der Waals surface area contributed by atoms with E-state index in [1.807, 2.05) is 0 Å². The number of aliphatic imine (C=N–C) groups is 1. The number of carbonyl (C=O) groups is 1.